The maximum absolute atomic E-state index is 12.6. The van der Waals surface area contributed by atoms with Crippen LogP contribution in [-0.2, 0) is 11.3 Å². The first-order valence-electron chi connectivity index (χ1n) is 7.23. The molecule has 1 heterocycles. The Morgan fingerprint density at radius 1 is 1.25 bits per heavy atom. The number of thiocarbonyl (C=S) groups is 1. The van der Waals surface area contributed by atoms with Crippen LogP contribution in [0.15, 0.2) is 51.8 Å². The average molecular weight is 420 g/mol. The molecule has 2 aromatic carbocycles. The van der Waals surface area contributed by atoms with Crippen LogP contribution < -0.4 is 0 Å². The summed E-state index contributed by atoms with van der Waals surface area (Å²) in [6, 6.07) is 13.1. The topological polar surface area (TPSA) is 40.5 Å². The summed E-state index contributed by atoms with van der Waals surface area (Å²) in [5.74, 6) is -0.00745. The number of nitrogens with zero attached hydrogens (tertiary/aromatic N) is 1. The van der Waals surface area contributed by atoms with Gasteiger partial charge in [0.1, 0.15) is 10.1 Å². The first-order chi connectivity index (χ1) is 11.4. The van der Waals surface area contributed by atoms with Crippen LogP contribution in [0.2, 0.25) is 0 Å². The van der Waals surface area contributed by atoms with E-state index in [9.17, 15) is 9.90 Å². The second kappa shape index (κ2) is 7.09. The number of benzene rings is 2. The van der Waals surface area contributed by atoms with Gasteiger partial charge in [0.25, 0.3) is 5.91 Å². The van der Waals surface area contributed by atoms with E-state index in [-0.39, 0.29) is 11.7 Å². The Bertz CT molecular complexity index is 847. The molecule has 3 nitrogen and oxygen atoms in total. The fourth-order valence-corrected chi connectivity index (χ4v) is 3.92. The van der Waals surface area contributed by atoms with Crippen LogP contribution >= 0.6 is 39.9 Å². The van der Waals surface area contributed by atoms with Crippen molar-refractivity contribution in [3.63, 3.8) is 0 Å². The van der Waals surface area contributed by atoms with Crippen LogP contribution in [0.25, 0.3) is 6.08 Å². The number of carbonyl (C=O) groups is 1. The van der Waals surface area contributed by atoms with Gasteiger partial charge in [0.05, 0.1) is 11.4 Å². The SMILES string of the molecule is Cc1ccc(CN2C(=O)/C(=C/c3cc(Br)ccc3O)SC2=S)cc1. The molecule has 6 heteroatoms. The van der Waals surface area contributed by atoms with Gasteiger partial charge in [-0.2, -0.15) is 0 Å². The molecule has 0 unspecified atom stereocenters. The largest absolute Gasteiger partial charge is 0.507 e. The molecule has 1 N–H and O–H groups in total. The summed E-state index contributed by atoms with van der Waals surface area (Å²) in [6.07, 6.45) is 1.68. The van der Waals surface area contributed by atoms with E-state index in [1.54, 1.807) is 29.2 Å². The Balaban J connectivity index is 1.84. The summed E-state index contributed by atoms with van der Waals surface area (Å²) >= 11 is 9.97. The van der Waals surface area contributed by atoms with Crippen molar-refractivity contribution in [1.82, 2.24) is 4.90 Å². The lowest BCUT2D eigenvalue weighted by Crippen LogP contribution is -2.27. The molecular weight excluding hydrogens is 406 g/mol. The van der Waals surface area contributed by atoms with Crippen molar-refractivity contribution in [2.45, 2.75) is 13.5 Å². The fourth-order valence-electron chi connectivity index (χ4n) is 2.29. The number of amides is 1. The monoisotopic (exact) mass is 419 g/mol. The zero-order valence-electron chi connectivity index (χ0n) is 12.8. The number of aromatic hydroxyl groups is 1. The van der Waals surface area contributed by atoms with Crippen LogP contribution in [-0.4, -0.2) is 20.2 Å². The van der Waals surface area contributed by atoms with E-state index < -0.39 is 0 Å². The standard InChI is InChI=1S/C18H14BrNO2S2/c1-11-2-4-12(5-3-11)10-20-17(22)16(24-18(20)23)9-13-8-14(19)6-7-15(13)21/h2-9,21H,10H2,1H3/b16-9-. The Labute approximate surface area is 158 Å². The molecule has 0 aliphatic carbocycles. The minimum atomic E-state index is -0.134. The minimum Gasteiger partial charge on any atom is -0.507 e. The summed E-state index contributed by atoms with van der Waals surface area (Å²) in [7, 11) is 0. The van der Waals surface area contributed by atoms with E-state index in [4.69, 9.17) is 12.2 Å². The average Bonchev–Trinajstić information content (AvgIpc) is 2.80. The van der Waals surface area contributed by atoms with Crippen molar-refractivity contribution < 1.29 is 9.90 Å². The summed E-state index contributed by atoms with van der Waals surface area (Å²) in [5.41, 5.74) is 2.79. The van der Waals surface area contributed by atoms with Crippen molar-refractivity contribution in [3.05, 3.63) is 68.5 Å². The lowest BCUT2D eigenvalue weighted by Gasteiger charge is -2.14. The molecule has 0 bridgehead atoms. The lowest BCUT2D eigenvalue weighted by atomic mass is 10.1. The van der Waals surface area contributed by atoms with Crippen LogP contribution in [0.4, 0.5) is 0 Å². The number of rotatable bonds is 3. The van der Waals surface area contributed by atoms with E-state index in [1.807, 2.05) is 31.2 Å². The maximum Gasteiger partial charge on any atom is 0.266 e. The molecule has 24 heavy (non-hydrogen) atoms. The predicted octanol–water partition coefficient (Wildman–Crippen LogP) is 4.86. The number of phenols is 1. The molecule has 1 aliphatic heterocycles. The van der Waals surface area contributed by atoms with Crippen LogP contribution in [0.5, 0.6) is 5.75 Å². The smallest absolute Gasteiger partial charge is 0.266 e. The third-order valence-corrected chi connectivity index (χ3v) is 5.48. The van der Waals surface area contributed by atoms with Gasteiger partial charge in [-0.15, -0.1) is 0 Å². The predicted molar refractivity (Wildman–Crippen MR) is 106 cm³/mol. The number of aryl methyl sites for hydroxylation is 1. The Kier molecular flexibility index (Phi) is 5.08. The van der Waals surface area contributed by atoms with Crippen LogP contribution in [0.1, 0.15) is 16.7 Å². The molecule has 0 saturated carbocycles. The summed E-state index contributed by atoms with van der Waals surface area (Å²) in [4.78, 5) is 14.7. The highest BCUT2D eigenvalue weighted by Crippen LogP contribution is 2.35. The molecular formula is C18H14BrNO2S2. The van der Waals surface area contributed by atoms with E-state index in [0.717, 1.165) is 10.0 Å². The second-order valence-corrected chi connectivity index (χ2v) is 8.05. The number of phenolic OH excluding ortho intramolecular Hbond substituents is 1. The molecule has 2 aromatic rings. The molecule has 0 atom stereocenters. The minimum absolute atomic E-state index is 0.127. The highest BCUT2D eigenvalue weighted by molar-refractivity contribution is 9.10. The van der Waals surface area contributed by atoms with Gasteiger partial charge in [-0.1, -0.05) is 69.7 Å². The zero-order chi connectivity index (χ0) is 17.3. The van der Waals surface area contributed by atoms with Crippen LogP contribution in [0, 0.1) is 6.92 Å². The molecule has 1 fully saturated rings. The van der Waals surface area contributed by atoms with Crippen LogP contribution in [0.3, 0.4) is 0 Å². The Hall–Kier alpha value is -1.63. The van der Waals surface area contributed by atoms with Gasteiger partial charge < -0.3 is 5.11 Å². The molecule has 122 valence electrons. The highest BCUT2D eigenvalue weighted by atomic mass is 79.9. The third-order valence-electron chi connectivity index (χ3n) is 3.61. The van der Waals surface area contributed by atoms with Gasteiger partial charge in [0, 0.05) is 10.0 Å². The van der Waals surface area contributed by atoms with Gasteiger partial charge >= 0.3 is 0 Å². The molecule has 1 saturated heterocycles. The fraction of sp³-hybridized carbons (Fsp3) is 0.111. The second-order valence-electron chi connectivity index (χ2n) is 5.46. The number of hydrogen-bond acceptors (Lipinski definition) is 4. The Morgan fingerprint density at radius 3 is 2.67 bits per heavy atom. The van der Waals surface area contributed by atoms with Crippen molar-refractivity contribution in [1.29, 1.82) is 0 Å². The van der Waals surface area contributed by atoms with Gasteiger partial charge in [0.15, 0.2) is 0 Å². The first-order valence-corrected chi connectivity index (χ1v) is 9.25. The van der Waals surface area contributed by atoms with E-state index in [1.165, 1.54) is 17.3 Å². The van der Waals surface area contributed by atoms with Gasteiger partial charge in [0.2, 0.25) is 0 Å². The van der Waals surface area contributed by atoms with E-state index in [0.29, 0.717) is 21.3 Å². The normalized spacial score (nSPS) is 16.2. The van der Waals surface area contributed by atoms with E-state index >= 15 is 0 Å². The molecule has 0 spiro atoms. The van der Waals surface area contributed by atoms with Crippen molar-refractivity contribution in [2.24, 2.45) is 0 Å². The quantitative estimate of drug-likeness (QED) is 0.569. The van der Waals surface area contributed by atoms with Gasteiger partial charge in [-0.3, -0.25) is 9.69 Å². The van der Waals surface area contributed by atoms with Gasteiger partial charge in [-0.05, 0) is 36.8 Å². The molecule has 0 aromatic heterocycles. The Morgan fingerprint density at radius 2 is 1.96 bits per heavy atom. The molecule has 0 radical (unpaired) electrons. The number of carbonyl (C=O) groups excluding carboxylic acids is 1. The van der Waals surface area contributed by atoms with E-state index in [2.05, 4.69) is 15.9 Å². The first kappa shape index (κ1) is 17.2. The highest BCUT2D eigenvalue weighted by Gasteiger charge is 2.32. The zero-order valence-corrected chi connectivity index (χ0v) is 16.0. The van der Waals surface area contributed by atoms with Crippen molar-refractivity contribution in [2.75, 3.05) is 0 Å². The third kappa shape index (κ3) is 3.71. The summed E-state index contributed by atoms with van der Waals surface area (Å²) in [6.45, 7) is 2.48. The van der Waals surface area contributed by atoms with Gasteiger partial charge in [-0.25, -0.2) is 0 Å². The number of hydrogen-bond donors (Lipinski definition) is 1. The summed E-state index contributed by atoms with van der Waals surface area (Å²) < 4.78 is 1.36. The molecule has 1 aliphatic rings. The molecule has 3 rings (SSSR count). The lowest BCUT2D eigenvalue weighted by molar-refractivity contribution is -0.122. The maximum atomic E-state index is 12.6. The summed E-state index contributed by atoms with van der Waals surface area (Å²) in [5, 5.41) is 9.94. The number of halogens is 1. The number of thioether (sulfide) groups is 1. The van der Waals surface area contributed by atoms with Crippen molar-refractivity contribution >= 4 is 56.2 Å². The molecule has 1 amide bonds. The van der Waals surface area contributed by atoms with Crippen molar-refractivity contribution in [3.8, 4) is 5.75 Å².